The quantitative estimate of drug-likeness (QED) is 0.307. The molecule has 0 atom stereocenters. The molecule has 0 saturated carbocycles. The van der Waals surface area contributed by atoms with Gasteiger partial charge in [0.25, 0.3) is 0 Å². The minimum Gasteiger partial charge on any atom is -0.478 e. The van der Waals surface area contributed by atoms with Crippen molar-refractivity contribution in [2.24, 2.45) is 5.92 Å². The van der Waals surface area contributed by atoms with Gasteiger partial charge in [-0.2, -0.15) is 0 Å². The summed E-state index contributed by atoms with van der Waals surface area (Å²) in [5, 5.41) is 9.63. The molecule has 0 fully saturated rings. The van der Waals surface area contributed by atoms with Crippen LogP contribution >= 0.6 is 0 Å². The van der Waals surface area contributed by atoms with Gasteiger partial charge in [-0.15, -0.1) is 0 Å². The van der Waals surface area contributed by atoms with E-state index in [0.717, 1.165) is 50.0 Å². The van der Waals surface area contributed by atoms with Crippen molar-refractivity contribution in [2.45, 2.75) is 85.0 Å². The zero-order valence-corrected chi connectivity index (χ0v) is 17.3. The maximum Gasteiger partial charge on any atom is 0.339 e. The third-order valence-electron chi connectivity index (χ3n) is 4.79. The number of benzene rings is 1. The van der Waals surface area contributed by atoms with Gasteiger partial charge >= 0.3 is 11.9 Å². The number of unbranched alkanes of at least 4 members (excludes halogenated alkanes) is 6. The first-order valence-electron chi connectivity index (χ1n) is 10.5. The van der Waals surface area contributed by atoms with Gasteiger partial charge in [0.05, 0.1) is 17.7 Å². The predicted molar refractivity (Wildman–Crippen MR) is 109 cm³/mol. The number of aryl methyl sites for hydroxylation is 1. The van der Waals surface area contributed by atoms with Crippen LogP contribution in [-0.2, 0) is 11.2 Å². The highest BCUT2D eigenvalue weighted by Gasteiger charge is 2.21. The minimum absolute atomic E-state index is 0.109. The molecule has 0 radical (unpaired) electrons. The normalized spacial score (nSPS) is 11.0. The van der Waals surface area contributed by atoms with Crippen molar-refractivity contribution in [3.05, 3.63) is 34.9 Å². The van der Waals surface area contributed by atoms with E-state index in [1.54, 1.807) is 12.1 Å². The van der Waals surface area contributed by atoms with Crippen LogP contribution in [0.4, 0.5) is 0 Å². The molecule has 152 valence electrons. The zero-order valence-electron chi connectivity index (χ0n) is 17.3. The second-order valence-corrected chi connectivity index (χ2v) is 7.69. The van der Waals surface area contributed by atoms with E-state index in [1.165, 1.54) is 19.3 Å². The zero-order chi connectivity index (χ0) is 20.1. The lowest BCUT2D eigenvalue weighted by molar-refractivity contribution is 0.0487. The molecule has 1 aromatic rings. The van der Waals surface area contributed by atoms with Gasteiger partial charge in [0, 0.05) is 0 Å². The molecule has 0 aliphatic carbocycles. The van der Waals surface area contributed by atoms with E-state index in [1.807, 2.05) is 6.07 Å². The monoisotopic (exact) mass is 376 g/mol. The van der Waals surface area contributed by atoms with E-state index in [2.05, 4.69) is 20.8 Å². The van der Waals surface area contributed by atoms with Crippen molar-refractivity contribution >= 4 is 11.9 Å². The Morgan fingerprint density at radius 3 is 2.37 bits per heavy atom. The summed E-state index contributed by atoms with van der Waals surface area (Å²) < 4.78 is 5.30. The van der Waals surface area contributed by atoms with Crippen molar-refractivity contribution in [1.29, 1.82) is 0 Å². The summed E-state index contributed by atoms with van der Waals surface area (Å²) >= 11 is 0. The molecule has 0 aromatic heterocycles. The van der Waals surface area contributed by atoms with E-state index < -0.39 is 11.9 Å². The topological polar surface area (TPSA) is 63.6 Å². The summed E-state index contributed by atoms with van der Waals surface area (Å²) in [5.41, 5.74) is 1.01. The fourth-order valence-corrected chi connectivity index (χ4v) is 3.22. The Labute approximate surface area is 164 Å². The van der Waals surface area contributed by atoms with Crippen LogP contribution in [0, 0.1) is 5.92 Å². The van der Waals surface area contributed by atoms with Crippen molar-refractivity contribution in [3.63, 3.8) is 0 Å². The van der Waals surface area contributed by atoms with Crippen molar-refractivity contribution in [3.8, 4) is 0 Å². The number of carboxylic acid groups (broad SMARTS) is 1. The number of aromatic carboxylic acids is 1. The Hall–Kier alpha value is -1.84. The van der Waals surface area contributed by atoms with Gasteiger partial charge in [-0.05, 0) is 36.8 Å². The third-order valence-corrected chi connectivity index (χ3v) is 4.79. The average Bonchev–Trinajstić information content (AvgIpc) is 2.63. The first-order chi connectivity index (χ1) is 13.0. The highest BCUT2D eigenvalue weighted by atomic mass is 16.5. The summed E-state index contributed by atoms with van der Waals surface area (Å²) in [6.07, 6.45) is 10.4. The van der Waals surface area contributed by atoms with Crippen LogP contribution in [0.15, 0.2) is 18.2 Å². The van der Waals surface area contributed by atoms with Gasteiger partial charge in [-0.3, -0.25) is 0 Å². The molecule has 0 aliphatic rings. The van der Waals surface area contributed by atoms with Crippen molar-refractivity contribution in [2.75, 3.05) is 6.61 Å². The lowest BCUT2D eigenvalue weighted by Crippen LogP contribution is -2.15. The van der Waals surface area contributed by atoms with Crippen LogP contribution in [0.3, 0.4) is 0 Å². The molecule has 4 heteroatoms. The third kappa shape index (κ3) is 9.07. The Kier molecular flexibility index (Phi) is 11.5. The van der Waals surface area contributed by atoms with Gasteiger partial charge in [0.15, 0.2) is 0 Å². The van der Waals surface area contributed by atoms with E-state index in [4.69, 9.17) is 4.74 Å². The number of ether oxygens (including phenoxy) is 1. The van der Waals surface area contributed by atoms with Crippen LogP contribution in [0.2, 0.25) is 0 Å². The highest BCUT2D eigenvalue weighted by molar-refractivity contribution is 6.03. The van der Waals surface area contributed by atoms with E-state index in [0.29, 0.717) is 13.0 Å². The van der Waals surface area contributed by atoms with Crippen LogP contribution in [-0.4, -0.2) is 23.7 Å². The molecule has 0 amide bonds. The molecule has 0 aliphatic heterocycles. The summed E-state index contributed by atoms with van der Waals surface area (Å²) in [6.45, 7) is 6.93. The first kappa shape index (κ1) is 23.2. The molecule has 27 heavy (non-hydrogen) atoms. The van der Waals surface area contributed by atoms with Gasteiger partial charge in [0.1, 0.15) is 0 Å². The predicted octanol–water partition coefficient (Wildman–Crippen LogP) is 6.27. The maximum atomic E-state index is 12.3. The number of rotatable bonds is 14. The number of carbonyl (C=O) groups excluding carboxylic acids is 1. The molecule has 1 aromatic carbocycles. The molecular weight excluding hydrogens is 340 g/mol. The summed E-state index contributed by atoms with van der Waals surface area (Å²) in [4.78, 5) is 24.1. The first-order valence-corrected chi connectivity index (χ1v) is 10.5. The Morgan fingerprint density at radius 2 is 1.70 bits per heavy atom. The van der Waals surface area contributed by atoms with E-state index in [9.17, 15) is 14.7 Å². The largest absolute Gasteiger partial charge is 0.478 e. The van der Waals surface area contributed by atoms with Gasteiger partial charge in [-0.1, -0.05) is 77.8 Å². The van der Waals surface area contributed by atoms with E-state index in [-0.39, 0.29) is 11.1 Å². The minimum atomic E-state index is -1.05. The summed E-state index contributed by atoms with van der Waals surface area (Å²) in [6, 6.07) is 5.13. The standard InChI is InChI=1S/C23H36O4/c1-4-5-6-11-17-27-23(26)20-16-12-15-19(21(20)22(24)25)14-10-8-7-9-13-18(2)3/h12,15-16,18H,4-11,13-14,17H2,1-3H3,(H,24,25). The fourth-order valence-electron chi connectivity index (χ4n) is 3.22. The Bertz CT molecular complexity index is 578. The number of carboxylic acids is 1. The molecular formula is C23H36O4. The lowest BCUT2D eigenvalue weighted by atomic mass is 9.96. The Morgan fingerprint density at radius 1 is 1.00 bits per heavy atom. The number of hydrogen-bond acceptors (Lipinski definition) is 3. The second-order valence-electron chi connectivity index (χ2n) is 7.69. The lowest BCUT2D eigenvalue weighted by Gasteiger charge is -2.12. The molecule has 1 N–H and O–H groups in total. The average molecular weight is 377 g/mol. The van der Waals surface area contributed by atoms with Crippen molar-refractivity contribution in [1.82, 2.24) is 0 Å². The summed E-state index contributed by atoms with van der Waals surface area (Å²) in [7, 11) is 0. The highest BCUT2D eigenvalue weighted by Crippen LogP contribution is 2.20. The van der Waals surface area contributed by atoms with Crippen LogP contribution in [0.25, 0.3) is 0 Å². The number of esters is 1. The van der Waals surface area contributed by atoms with Crippen LogP contribution in [0.5, 0.6) is 0 Å². The van der Waals surface area contributed by atoms with Gasteiger partial charge in [-0.25, -0.2) is 9.59 Å². The maximum absolute atomic E-state index is 12.3. The van der Waals surface area contributed by atoms with Crippen LogP contribution in [0.1, 0.15) is 105 Å². The molecule has 4 nitrogen and oxygen atoms in total. The number of hydrogen-bond donors (Lipinski definition) is 1. The molecule has 1 rings (SSSR count). The number of carbonyl (C=O) groups is 2. The fraction of sp³-hybridized carbons (Fsp3) is 0.652. The van der Waals surface area contributed by atoms with Gasteiger partial charge < -0.3 is 9.84 Å². The van der Waals surface area contributed by atoms with E-state index >= 15 is 0 Å². The smallest absolute Gasteiger partial charge is 0.339 e. The molecule has 0 unspecified atom stereocenters. The summed E-state index contributed by atoms with van der Waals surface area (Å²) in [5.74, 6) is -0.848. The molecule has 0 spiro atoms. The second kappa shape index (κ2) is 13.3. The van der Waals surface area contributed by atoms with Gasteiger partial charge in [0.2, 0.25) is 0 Å². The van der Waals surface area contributed by atoms with Crippen molar-refractivity contribution < 1.29 is 19.4 Å². The Balaban J connectivity index is 2.62. The van der Waals surface area contributed by atoms with Crippen LogP contribution < -0.4 is 0 Å². The molecule has 0 saturated heterocycles. The SMILES string of the molecule is CCCCCCOC(=O)c1cccc(CCCCCCC(C)C)c1C(=O)O. The molecule has 0 heterocycles. The molecule has 0 bridgehead atoms.